The summed E-state index contributed by atoms with van der Waals surface area (Å²) in [5, 5.41) is 0. The summed E-state index contributed by atoms with van der Waals surface area (Å²) in [6.07, 6.45) is 10.3. The van der Waals surface area contributed by atoms with E-state index in [1.165, 1.54) is 31.3 Å². The highest BCUT2D eigenvalue weighted by Crippen LogP contribution is 2.79. The van der Waals surface area contributed by atoms with Gasteiger partial charge in [0.15, 0.2) is 5.78 Å². The van der Waals surface area contributed by atoms with E-state index in [1.54, 1.807) is 0 Å². The Kier molecular flexibility index (Phi) is 3.04. The van der Waals surface area contributed by atoms with Gasteiger partial charge in [-0.3, -0.25) is 9.59 Å². The van der Waals surface area contributed by atoms with Crippen molar-refractivity contribution in [3.63, 3.8) is 0 Å². The molecule has 0 bridgehead atoms. The molecular weight excluding hydrogens is 336 g/mol. The number of ketones is 1. The highest BCUT2D eigenvalue weighted by Gasteiger charge is 2.79. The van der Waals surface area contributed by atoms with Crippen LogP contribution in [-0.2, 0) is 14.3 Å². The number of carbonyl (C=O) groups excluding carboxylic acids is 2. The van der Waals surface area contributed by atoms with E-state index in [0.717, 1.165) is 31.1 Å². The van der Waals surface area contributed by atoms with Crippen molar-refractivity contribution in [3.05, 3.63) is 11.6 Å². The molecular formula is C24H32O3. The molecule has 27 heavy (non-hydrogen) atoms. The zero-order valence-corrected chi connectivity index (χ0v) is 16.9. The molecule has 146 valence electrons. The van der Waals surface area contributed by atoms with E-state index in [4.69, 9.17) is 4.74 Å². The molecule has 6 unspecified atom stereocenters. The summed E-state index contributed by atoms with van der Waals surface area (Å²) in [4.78, 5) is 24.3. The number of carbonyl (C=O) groups is 2. The average Bonchev–Trinajstić information content (AvgIpc) is 3.25. The summed E-state index contributed by atoms with van der Waals surface area (Å²) in [7, 11) is 0. The molecule has 1 spiro atoms. The first-order chi connectivity index (χ1) is 12.8. The number of ether oxygens (including phenoxy) is 1. The number of allylic oxidation sites excluding steroid dienone is 1. The van der Waals surface area contributed by atoms with Gasteiger partial charge >= 0.3 is 5.97 Å². The Hall–Kier alpha value is -1.12. The first-order valence-electron chi connectivity index (χ1n) is 11.3. The Bertz CT molecular complexity index is 782. The van der Waals surface area contributed by atoms with Gasteiger partial charge in [-0.05, 0) is 79.6 Å². The predicted octanol–water partition coefficient (Wildman–Crippen LogP) is 4.70. The van der Waals surface area contributed by atoms with Gasteiger partial charge in [0, 0.05) is 24.2 Å². The summed E-state index contributed by atoms with van der Waals surface area (Å²) in [6.45, 7) is 7.29. The van der Waals surface area contributed by atoms with E-state index in [-0.39, 0.29) is 22.4 Å². The second-order valence-electron chi connectivity index (χ2n) is 11.2. The minimum Gasteiger partial charge on any atom is -0.458 e. The van der Waals surface area contributed by atoms with Gasteiger partial charge in [0.25, 0.3) is 0 Å². The summed E-state index contributed by atoms with van der Waals surface area (Å²) in [5.41, 5.74) is 1.70. The Morgan fingerprint density at radius 1 is 1.00 bits per heavy atom. The second kappa shape index (κ2) is 4.89. The van der Waals surface area contributed by atoms with E-state index >= 15 is 0 Å². The lowest BCUT2D eigenvalue weighted by molar-refractivity contribution is -0.177. The molecule has 0 radical (unpaired) electrons. The third kappa shape index (κ3) is 1.81. The molecule has 3 heteroatoms. The Labute approximate surface area is 162 Å². The zero-order valence-electron chi connectivity index (χ0n) is 16.9. The molecule has 1 saturated heterocycles. The van der Waals surface area contributed by atoms with Crippen LogP contribution in [0.25, 0.3) is 0 Å². The molecule has 5 aliphatic carbocycles. The summed E-state index contributed by atoms with van der Waals surface area (Å²) in [5.74, 6) is 4.47. The minimum absolute atomic E-state index is 0.0460. The van der Waals surface area contributed by atoms with E-state index in [1.807, 2.05) is 6.08 Å². The van der Waals surface area contributed by atoms with Gasteiger partial charge in [-0.2, -0.15) is 0 Å². The van der Waals surface area contributed by atoms with Crippen LogP contribution < -0.4 is 0 Å². The van der Waals surface area contributed by atoms with E-state index in [9.17, 15) is 9.59 Å². The number of rotatable bonds is 0. The van der Waals surface area contributed by atoms with Crippen LogP contribution in [0, 0.1) is 46.3 Å². The van der Waals surface area contributed by atoms with E-state index in [2.05, 4.69) is 20.8 Å². The van der Waals surface area contributed by atoms with Crippen LogP contribution in [0.5, 0.6) is 0 Å². The monoisotopic (exact) mass is 368 g/mol. The summed E-state index contributed by atoms with van der Waals surface area (Å²) >= 11 is 0. The number of fused-ring (bicyclic) bond motifs is 9. The minimum atomic E-state index is -0.146. The molecule has 0 amide bonds. The number of esters is 1. The molecule has 1 aliphatic heterocycles. The van der Waals surface area contributed by atoms with Gasteiger partial charge in [0.1, 0.15) is 5.60 Å². The fraction of sp³-hybridized carbons (Fsp3) is 0.833. The first-order valence-corrected chi connectivity index (χ1v) is 11.3. The van der Waals surface area contributed by atoms with Crippen molar-refractivity contribution in [2.24, 2.45) is 46.3 Å². The molecule has 9 atom stereocenters. The summed E-state index contributed by atoms with van der Waals surface area (Å²) in [6, 6.07) is 0. The maximum atomic E-state index is 12.1. The van der Waals surface area contributed by atoms with Crippen LogP contribution in [0.15, 0.2) is 11.6 Å². The van der Waals surface area contributed by atoms with E-state index < -0.39 is 0 Å². The lowest BCUT2D eigenvalue weighted by Gasteiger charge is -2.61. The van der Waals surface area contributed by atoms with Crippen molar-refractivity contribution in [2.45, 2.75) is 77.7 Å². The van der Waals surface area contributed by atoms with Gasteiger partial charge in [0.2, 0.25) is 0 Å². The maximum absolute atomic E-state index is 12.1. The van der Waals surface area contributed by atoms with Gasteiger partial charge < -0.3 is 4.74 Å². The van der Waals surface area contributed by atoms with Crippen molar-refractivity contribution >= 4 is 11.8 Å². The van der Waals surface area contributed by atoms with Gasteiger partial charge in [-0.15, -0.1) is 0 Å². The third-order valence-electron chi connectivity index (χ3n) is 10.4. The summed E-state index contributed by atoms with van der Waals surface area (Å²) < 4.78 is 6.19. The van der Waals surface area contributed by atoms with Crippen LogP contribution in [0.1, 0.15) is 72.1 Å². The van der Waals surface area contributed by atoms with Crippen molar-refractivity contribution in [1.82, 2.24) is 0 Å². The normalized spacial score (nSPS) is 58.1. The molecule has 0 aromatic heterocycles. The Balaban J connectivity index is 1.42. The Morgan fingerprint density at radius 3 is 2.52 bits per heavy atom. The molecule has 0 aromatic rings. The molecule has 1 heterocycles. The Morgan fingerprint density at radius 2 is 1.78 bits per heavy atom. The second-order valence-corrected chi connectivity index (χ2v) is 11.2. The smallest absolute Gasteiger partial charge is 0.306 e. The number of hydrogen-bond donors (Lipinski definition) is 0. The van der Waals surface area contributed by atoms with E-state index in [0.29, 0.717) is 35.9 Å². The number of hydrogen-bond acceptors (Lipinski definition) is 3. The van der Waals surface area contributed by atoms with Crippen LogP contribution >= 0.6 is 0 Å². The van der Waals surface area contributed by atoms with Gasteiger partial charge in [-0.25, -0.2) is 0 Å². The first kappa shape index (κ1) is 16.8. The molecule has 3 nitrogen and oxygen atoms in total. The lowest BCUT2D eigenvalue weighted by Crippen LogP contribution is -2.57. The molecule has 5 fully saturated rings. The van der Waals surface area contributed by atoms with Crippen LogP contribution in [0.3, 0.4) is 0 Å². The third-order valence-corrected chi connectivity index (χ3v) is 10.4. The molecule has 0 aromatic carbocycles. The van der Waals surface area contributed by atoms with Crippen LogP contribution in [-0.4, -0.2) is 17.4 Å². The fourth-order valence-electron chi connectivity index (χ4n) is 9.35. The average molecular weight is 369 g/mol. The van der Waals surface area contributed by atoms with Crippen molar-refractivity contribution in [3.8, 4) is 0 Å². The zero-order chi connectivity index (χ0) is 18.8. The molecule has 0 N–H and O–H groups in total. The molecule has 6 rings (SSSR count). The van der Waals surface area contributed by atoms with Crippen molar-refractivity contribution in [1.29, 1.82) is 0 Å². The fourth-order valence-corrected chi connectivity index (χ4v) is 9.35. The lowest BCUT2D eigenvalue weighted by atomic mass is 9.44. The quantitative estimate of drug-likeness (QED) is 0.582. The highest BCUT2D eigenvalue weighted by molar-refractivity contribution is 5.91. The van der Waals surface area contributed by atoms with Gasteiger partial charge in [0.05, 0.1) is 0 Å². The topological polar surface area (TPSA) is 43.4 Å². The molecule has 4 saturated carbocycles. The predicted molar refractivity (Wildman–Crippen MR) is 102 cm³/mol. The highest BCUT2D eigenvalue weighted by atomic mass is 16.6. The standard InChI is InChI=1S/C24H32O3/c1-13-10-15-17(22(2)7-4-14(25)11-18(13)22)5-8-23(3)21(15)16-12-19(16)24(23)9-6-20(26)27-24/h11,13,15-17,19,21H,4-10,12H2,1-3H3/t13?,15?,16?,17?,19?,21?,22-,23+,24+/m1/s1. The van der Waals surface area contributed by atoms with Crippen molar-refractivity contribution in [2.75, 3.05) is 0 Å². The van der Waals surface area contributed by atoms with Crippen LogP contribution in [0.4, 0.5) is 0 Å². The van der Waals surface area contributed by atoms with Crippen molar-refractivity contribution < 1.29 is 14.3 Å². The van der Waals surface area contributed by atoms with Crippen LogP contribution in [0.2, 0.25) is 0 Å². The molecule has 6 aliphatic rings. The van der Waals surface area contributed by atoms with Gasteiger partial charge in [-0.1, -0.05) is 26.3 Å². The maximum Gasteiger partial charge on any atom is 0.306 e. The largest absolute Gasteiger partial charge is 0.458 e. The SMILES string of the molecule is CC1CC2C(CC[C@@]3(C)C2C2CC2[C@@]32CCC(=O)O2)[C@@]2(C)CCC(=O)C=C12.